The molecular formula is C13H10BrN3. The molecule has 0 amide bonds. The van der Waals surface area contributed by atoms with E-state index in [4.69, 9.17) is 0 Å². The van der Waals surface area contributed by atoms with Gasteiger partial charge in [-0.1, -0.05) is 15.9 Å². The number of hydrogen-bond acceptors (Lipinski definition) is 3. The van der Waals surface area contributed by atoms with Crippen molar-refractivity contribution in [2.75, 3.05) is 11.4 Å². The Morgan fingerprint density at radius 2 is 2.18 bits per heavy atom. The average molecular weight is 288 g/mol. The molecule has 0 aliphatic carbocycles. The van der Waals surface area contributed by atoms with E-state index in [9.17, 15) is 0 Å². The molecule has 1 aliphatic heterocycles. The van der Waals surface area contributed by atoms with Crippen molar-refractivity contribution >= 4 is 38.7 Å². The quantitative estimate of drug-likeness (QED) is 0.805. The first-order valence-electron chi connectivity index (χ1n) is 5.34. The van der Waals surface area contributed by atoms with Gasteiger partial charge in [-0.15, -0.1) is 0 Å². The van der Waals surface area contributed by atoms with Gasteiger partial charge < -0.3 is 4.90 Å². The average Bonchev–Trinajstić information content (AvgIpc) is 2.39. The molecule has 3 rings (SSSR count). The van der Waals surface area contributed by atoms with Crippen LogP contribution in [0.15, 0.2) is 52.3 Å². The highest BCUT2D eigenvalue weighted by atomic mass is 79.9. The first kappa shape index (κ1) is 10.5. The van der Waals surface area contributed by atoms with Crippen LogP contribution >= 0.6 is 15.9 Å². The highest BCUT2D eigenvalue weighted by Gasteiger charge is 2.09. The lowest BCUT2D eigenvalue weighted by Crippen LogP contribution is -2.20. The zero-order valence-corrected chi connectivity index (χ0v) is 10.6. The number of benzene rings is 1. The molecule has 3 nitrogen and oxygen atoms in total. The smallest absolute Gasteiger partial charge is 0.0723 e. The van der Waals surface area contributed by atoms with Crippen molar-refractivity contribution in [2.24, 2.45) is 4.99 Å². The molecule has 4 heteroatoms. The molecule has 0 atom stereocenters. The summed E-state index contributed by atoms with van der Waals surface area (Å²) >= 11 is 3.50. The summed E-state index contributed by atoms with van der Waals surface area (Å²) in [6, 6.07) is 8.15. The van der Waals surface area contributed by atoms with Crippen molar-refractivity contribution in [2.45, 2.75) is 0 Å². The standard InChI is InChI=1S/C13H10BrN3/c14-10-1-2-12-11(9-10)13(3-4-16-12)17-7-5-15-6-8-17/h1-7,9H,8H2. The Morgan fingerprint density at radius 3 is 3.00 bits per heavy atom. The second-order valence-corrected chi connectivity index (χ2v) is 4.69. The van der Waals surface area contributed by atoms with E-state index in [1.165, 1.54) is 0 Å². The minimum absolute atomic E-state index is 0.794. The topological polar surface area (TPSA) is 28.5 Å². The molecule has 0 saturated heterocycles. The molecule has 1 aromatic heterocycles. The number of fused-ring (bicyclic) bond motifs is 1. The summed E-state index contributed by atoms with van der Waals surface area (Å²) in [4.78, 5) is 10.6. The van der Waals surface area contributed by atoms with E-state index in [1.807, 2.05) is 36.8 Å². The third-order valence-electron chi connectivity index (χ3n) is 2.71. The second-order valence-electron chi connectivity index (χ2n) is 3.77. The van der Waals surface area contributed by atoms with Crippen LogP contribution in [0, 0.1) is 0 Å². The van der Waals surface area contributed by atoms with Gasteiger partial charge in [-0.05, 0) is 24.3 Å². The minimum Gasteiger partial charge on any atom is -0.340 e. The van der Waals surface area contributed by atoms with E-state index < -0.39 is 0 Å². The molecule has 1 aliphatic rings. The van der Waals surface area contributed by atoms with Gasteiger partial charge in [0.05, 0.1) is 17.7 Å². The number of halogens is 1. The van der Waals surface area contributed by atoms with Gasteiger partial charge in [0.2, 0.25) is 0 Å². The Balaban J connectivity index is 2.18. The fourth-order valence-electron chi connectivity index (χ4n) is 1.91. The molecule has 0 bridgehead atoms. The Bertz CT molecular complexity index is 619. The monoisotopic (exact) mass is 287 g/mol. The first-order chi connectivity index (χ1) is 8.34. The predicted molar refractivity (Wildman–Crippen MR) is 74.4 cm³/mol. The summed E-state index contributed by atoms with van der Waals surface area (Å²) in [6.45, 7) is 0.794. The lowest BCUT2D eigenvalue weighted by atomic mass is 10.1. The number of aromatic nitrogens is 1. The van der Waals surface area contributed by atoms with E-state index in [0.717, 1.165) is 27.6 Å². The zero-order chi connectivity index (χ0) is 11.7. The predicted octanol–water partition coefficient (Wildman–Crippen LogP) is 3.36. The molecule has 2 aromatic rings. The van der Waals surface area contributed by atoms with Crippen LogP contribution in [-0.4, -0.2) is 17.7 Å². The number of rotatable bonds is 1. The van der Waals surface area contributed by atoms with Gasteiger partial charge in [0, 0.05) is 34.7 Å². The molecule has 17 heavy (non-hydrogen) atoms. The number of aliphatic imine (C=N–C) groups is 1. The summed E-state index contributed by atoms with van der Waals surface area (Å²) in [6.07, 6.45) is 7.51. The van der Waals surface area contributed by atoms with Crippen molar-refractivity contribution in [1.29, 1.82) is 0 Å². The van der Waals surface area contributed by atoms with E-state index in [-0.39, 0.29) is 0 Å². The lowest BCUT2D eigenvalue weighted by Gasteiger charge is -2.21. The number of pyridine rings is 1. The van der Waals surface area contributed by atoms with Gasteiger partial charge in [-0.25, -0.2) is 0 Å². The van der Waals surface area contributed by atoms with Crippen molar-refractivity contribution in [3.05, 3.63) is 47.3 Å². The van der Waals surface area contributed by atoms with Crippen LogP contribution in [0.1, 0.15) is 0 Å². The van der Waals surface area contributed by atoms with Crippen molar-refractivity contribution in [1.82, 2.24) is 4.98 Å². The van der Waals surface area contributed by atoms with Crippen LogP contribution in [0.5, 0.6) is 0 Å². The largest absolute Gasteiger partial charge is 0.340 e. The summed E-state index contributed by atoms with van der Waals surface area (Å²) in [7, 11) is 0. The fourth-order valence-corrected chi connectivity index (χ4v) is 2.27. The van der Waals surface area contributed by atoms with Crippen LogP contribution in [0.4, 0.5) is 5.69 Å². The number of anilines is 1. The minimum atomic E-state index is 0.794. The van der Waals surface area contributed by atoms with Crippen LogP contribution in [-0.2, 0) is 0 Å². The maximum absolute atomic E-state index is 4.37. The summed E-state index contributed by atoms with van der Waals surface area (Å²) in [5.74, 6) is 0. The van der Waals surface area contributed by atoms with Crippen molar-refractivity contribution in [3.8, 4) is 0 Å². The van der Waals surface area contributed by atoms with Crippen LogP contribution < -0.4 is 4.90 Å². The van der Waals surface area contributed by atoms with Gasteiger partial charge >= 0.3 is 0 Å². The lowest BCUT2D eigenvalue weighted by molar-refractivity contribution is 1.11. The highest BCUT2D eigenvalue weighted by molar-refractivity contribution is 9.10. The molecular weight excluding hydrogens is 278 g/mol. The van der Waals surface area contributed by atoms with E-state index >= 15 is 0 Å². The third-order valence-corrected chi connectivity index (χ3v) is 3.20. The Kier molecular flexibility index (Phi) is 2.65. The van der Waals surface area contributed by atoms with Gasteiger partial charge in [0.25, 0.3) is 0 Å². The molecule has 2 heterocycles. The molecule has 84 valence electrons. The van der Waals surface area contributed by atoms with Gasteiger partial charge in [-0.2, -0.15) is 0 Å². The SMILES string of the molecule is Brc1ccc2nccc(N3C=CN=CC3)c2c1. The third kappa shape index (κ3) is 1.96. The maximum Gasteiger partial charge on any atom is 0.0723 e. The molecule has 0 N–H and O–H groups in total. The maximum atomic E-state index is 4.37. The Labute approximate surface area is 108 Å². The van der Waals surface area contributed by atoms with E-state index in [2.05, 4.69) is 36.9 Å². The molecule has 0 spiro atoms. The normalized spacial score (nSPS) is 14.5. The molecule has 1 aromatic carbocycles. The summed E-state index contributed by atoms with van der Waals surface area (Å²) in [5, 5.41) is 1.14. The summed E-state index contributed by atoms with van der Waals surface area (Å²) < 4.78 is 1.06. The molecule has 0 radical (unpaired) electrons. The molecule has 0 fully saturated rings. The molecule has 0 saturated carbocycles. The van der Waals surface area contributed by atoms with Gasteiger partial charge in [0.1, 0.15) is 0 Å². The number of nitrogens with zero attached hydrogens (tertiary/aromatic N) is 3. The van der Waals surface area contributed by atoms with Crippen LogP contribution in [0.3, 0.4) is 0 Å². The van der Waals surface area contributed by atoms with E-state index in [1.54, 1.807) is 6.20 Å². The molecule has 0 unspecified atom stereocenters. The van der Waals surface area contributed by atoms with Crippen molar-refractivity contribution in [3.63, 3.8) is 0 Å². The van der Waals surface area contributed by atoms with Crippen molar-refractivity contribution < 1.29 is 0 Å². The van der Waals surface area contributed by atoms with Crippen LogP contribution in [0.25, 0.3) is 10.9 Å². The zero-order valence-electron chi connectivity index (χ0n) is 9.05. The Hall–Kier alpha value is -1.68. The van der Waals surface area contributed by atoms with E-state index in [0.29, 0.717) is 0 Å². The van der Waals surface area contributed by atoms with Crippen LogP contribution in [0.2, 0.25) is 0 Å². The summed E-state index contributed by atoms with van der Waals surface area (Å²) in [5.41, 5.74) is 2.15. The first-order valence-corrected chi connectivity index (χ1v) is 6.13. The highest BCUT2D eigenvalue weighted by Crippen LogP contribution is 2.28. The second kappa shape index (κ2) is 4.30. The Morgan fingerprint density at radius 1 is 1.24 bits per heavy atom. The van der Waals surface area contributed by atoms with Gasteiger partial charge in [0.15, 0.2) is 0 Å². The van der Waals surface area contributed by atoms with Gasteiger partial charge in [-0.3, -0.25) is 9.98 Å². The number of hydrogen-bond donors (Lipinski definition) is 0. The fraction of sp³-hybridized carbons (Fsp3) is 0.0769.